The van der Waals surface area contributed by atoms with Crippen LogP contribution >= 0.6 is 0 Å². The Hall–Kier alpha value is -2.37. The number of carbonyl (C=O) groups excluding carboxylic acids is 3. The maximum atomic E-state index is 12.5. The number of rotatable bonds is 4. The molecule has 2 heterocycles. The van der Waals surface area contributed by atoms with Crippen molar-refractivity contribution in [2.45, 2.75) is 51.0 Å². The molecule has 2 aliphatic heterocycles. The van der Waals surface area contributed by atoms with Crippen molar-refractivity contribution in [2.75, 3.05) is 13.1 Å². The lowest BCUT2D eigenvalue weighted by atomic mass is 9.88. The SMILES string of the molecule is Cc1ccc(C2CCN(C(=O)CCC3(C)NC(=O)NC3=O)CC2)cc1. The van der Waals surface area contributed by atoms with Crippen LogP contribution in [0.4, 0.5) is 4.79 Å². The number of hydrogen-bond donors (Lipinski definition) is 2. The number of carbonyl (C=O) groups is 3. The zero-order valence-corrected chi connectivity index (χ0v) is 14.8. The Balaban J connectivity index is 1.49. The van der Waals surface area contributed by atoms with Crippen LogP contribution in [0.15, 0.2) is 24.3 Å². The second-order valence-electron chi connectivity index (χ2n) is 7.31. The van der Waals surface area contributed by atoms with Crippen LogP contribution in [0.1, 0.15) is 49.7 Å². The minimum absolute atomic E-state index is 0.0533. The molecule has 6 nitrogen and oxygen atoms in total. The highest BCUT2D eigenvalue weighted by atomic mass is 16.2. The first kappa shape index (κ1) is 17.5. The molecule has 1 aromatic rings. The first-order valence-corrected chi connectivity index (χ1v) is 8.85. The van der Waals surface area contributed by atoms with Crippen LogP contribution in [0.5, 0.6) is 0 Å². The number of piperidine rings is 1. The van der Waals surface area contributed by atoms with Crippen molar-refractivity contribution in [1.82, 2.24) is 15.5 Å². The van der Waals surface area contributed by atoms with E-state index in [4.69, 9.17) is 0 Å². The number of likely N-dealkylation sites (tertiary alicyclic amines) is 1. The van der Waals surface area contributed by atoms with Gasteiger partial charge in [0.1, 0.15) is 5.54 Å². The molecule has 2 N–H and O–H groups in total. The highest BCUT2D eigenvalue weighted by molar-refractivity contribution is 6.06. The van der Waals surface area contributed by atoms with E-state index in [0.717, 1.165) is 25.9 Å². The first-order chi connectivity index (χ1) is 11.9. The van der Waals surface area contributed by atoms with Gasteiger partial charge in [0.25, 0.3) is 5.91 Å². The Morgan fingerprint density at radius 3 is 2.40 bits per heavy atom. The van der Waals surface area contributed by atoms with Gasteiger partial charge in [-0.3, -0.25) is 14.9 Å². The van der Waals surface area contributed by atoms with Gasteiger partial charge in [-0.2, -0.15) is 0 Å². The Morgan fingerprint density at radius 1 is 1.20 bits per heavy atom. The third-order valence-corrected chi connectivity index (χ3v) is 5.35. The average molecular weight is 343 g/mol. The van der Waals surface area contributed by atoms with Crippen molar-refractivity contribution >= 4 is 17.8 Å². The van der Waals surface area contributed by atoms with E-state index in [2.05, 4.69) is 41.8 Å². The smallest absolute Gasteiger partial charge is 0.322 e. The molecular weight excluding hydrogens is 318 g/mol. The summed E-state index contributed by atoms with van der Waals surface area (Å²) in [5.74, 6) is 0.197. The third-order valence-electron chi connectivity index (χ3n) is 5.35. The summed E-state index contributed by atoms with van der Waals surface area (Å²) in [5.41, 5.74) is 1.62. The van der Waals surface area contributed by atoms with Crippen molar-refractivity contribution in [3.05, 3.63) is 35.4 Å². The lowest BCUT2D eigenvalue weighted by Crippen LogP contribution is -2.45. The summed E-state index contributed by atoms with van der Waals surface area (Å²) < 4.78 is 0. The largest absolute Gasteiger partial charge is 0.343 e. The summed E-state index contributed by atoms with van der Waals surface area (Å²) in [4.78, 5) is 37.4. The monoisotopic (exact) mass is 343 g/mol. The Morgan fingerprint density at radius 2 is 1.84 bits per heavy atom. The van der Waals surface area contributed by atoms with E-state index >= 15 is 0 Å². The fraction of sp³-hybridized carbons (Fsp3) is 0.526. The minimum atomic E-state index is -0.979. The summed E-state index contributed by atoms with van der Waals surface area (Å²) in [6, 6.07) is 8.14. The highest BCUT2D eigenvalue weighted by Gasteiger charge is 2.42. The van der Waals surface area contributed by atoms with E-state index in [1.54, 1.807) is 6.92 Å². The van der Waals surface area contributed by atoms with E-state index in [1.807, 2.05) is 4.90 Å². The summed E-state index contributed by atoms with van der Waals surface area (Å²) in [6.07, 6.45) is 2.51. The summed E-state index contributed by atoms with van der Waals surface area (Å²) >= 11 is 0. The molecule has 1 atom stereocenters. The third kappa shape index (κ3) is 3.83. The molecule has 3 rings (SSSR count). The summed E-state index contributed by atoms with van der Waals surface area (Å²) in [5, 5.41) is 4.83. The van der Waals surface area contributed by atoms with Crippen LogP contribution < -0.4 is 10.6 Å². The number of nitrogens with one attached hydrogen (secondary N) is 2. The van der Waals surface area contributed by atoms with Crippen LogP contribution in [0.25, 0.3) is 0 Å². The fourth-order valence-corrected chi connectivity index (χ4v) is 3.57. The second kappa shape index (κ2) is 6.86. The van der Waals surface area contributed by atoms with E-state index < -0.39 is 11.6 Å². The van der Waals surface area contributed by atoms with Gasteiger partial charge in [0.05, 0.1) is 0 Å². The summed E-state index contributed by atoms with van der Waals surface area (Å²) in [7, 11) is 0. The first-order valence-electron chi connectivity index (χ1n) is 8.85. The number of benzene rings is 1. The van der Waals surface area contributed by atoms with Crippen LogP contribution in [-0.2, 0) is 9.59 Å². The molecule has 0 aromatic heterocycles. The number of nitrogens with zero attached hydrogens (tertiary/aromatic N) is 1. The van der Waals surface area contributed by atoms with Gasteiger partial charge in [0, 0.05) is 19.5 Å². The molecule has 1 unspecified atom stereocenters. The molecule has 1 aromatic carbocycles. The molecule has 0 aliphatic carbocycles. The predicted molar refractivity (Wildman–Crippen MR) is 94.0 cm³/mol. The van der Waals surface area contributed by atoms with E-state index in [-0.39, 0.29) is 18.2 Å². The van der Waals surface area contributed by atoms with E-state index in [9.17, 15) is 14.4 Å². The summed E-state index contributed by atoms with van der Waals surface area (Å²) in [6.45, 7) is 5.22. The Labute approximate surface area is 148 Å². The molecule has 25 heavy (non-hydrogen) atoms. The van der Waals surface area contributed by atoms with Gasteiger partial charge >= 0.3 is 6.03 Å². The predicted octanol–water partition coefficient (Wildman–Crippen LogP) is 2.08. The van der Waals surface area contributed by atoms with Gasteiger partial charge in [0.15, 0.2) is 0 Å². The number of amides is 4. The molecule has 0 bridgehead atoms. The normalized spacial score (nSPS) is 24.2. The molecule has 2 fully saturated rings. The fourth-order valence-electron chi connectivity index (χ4n) is 3.57. The standard InChI is InChI=1S/C19H25N3O3/c1-13-3-5-14(6-4-13)15-8-11-22(12-9-15)16(23)7-10-19(2)17(24)20-18(25)21-19/h3-6,15H,7-12H2,1-2H3,(H2,20,21,24,25). The second-order valence-corrected chi connectivity index (χ2v) is 7.31. The molecule has 4 amide bonds. The molecule has 2 saturated heterocycles. The van der Waals surface area contributed by atoms with Gasteiger partial charge in [-0.25, -0.2) is 4.79 Å². The van der Waals surface area contributed by atoms with Gasteiger partial charge < -0.3 is 10.2 Å². The number of hydrogen-bond acceptors (Lipinski definition) is 3. The van der Waals surface area contributed by atoms with Crippen LogP contribution in [0, 0.1) is 6.92 Å². The van der Waals surface area contributed by atoms with Crippen molar-refractivity contribution in [2.24, 2.45) is 0 Å². The minimum Gasteiger partial charge on any atom is -0.343 e. The van der Waals surface area contributed by atoms with Gasteiger partial charge in [0.2, 0.25) is 5.91 Å². The van der Waals surface area contributed by atoms with Crippen molar-refractivity contribution in [3.63, 3.8) is 0 Å². The zero-order valence-electron chi connectivity index (χ0n) is 14.8. The molecule has 134 valence electrons. The van der Waals surface area contributed by atoms with Crippen molar-refractivity contribution in [1.29, 1.82) is 0 Å². The van der Waals surface area contributed by atoms with E-state index in [1.165, 1.54) is 11.1 Å². The lowest BCUT2D eigenvalue weighted by molar-refractivity contribution is -0.133. The van der Waals surface area contributed by atoms with Crippen molar-refractivity contribution < 1.29 is 14.4 Å². The van der Waals surface area contributed by atoms with Gasteiger partial charge in [-0.15, -0.1) is 0 Å². The topological polar surface area (TPSA) is 78.5 Å². The molecule has 2 aliphatic rings. The zero-order chi connectivity index (χ0) is 18.0. The van der Waals surface area contributed by atoms with Crippen LogP contribution in [-0.4, -0.2) is 41.4 Å². The molecule has 0 spiro atoms. The van der Waals surface area contributed by atoms with Crippen LogP contribution in [0.3, 0.4) is 0 Å². The number of imide groups is 1. The quantitative estimate of drug-likeness (QED) is 0.822. The van der Waals surface area contributed by atoms with E-state index in [0.29, 0.717) is 12.3 Å². The van der Waals surface area contributed by atoms with Crippen molar-refractivity contribution in [3.8, 4) is 0 Å². The molecular formula is C19H25N3O3. The molecule has 0 saturated carbocycles. The maximum absolute atomic E-state index is 12.5. The van der Waals surface area contributed by atoms with Crippen LogP contribution in [0.2, 0.25) is 0 Å². The highest BCUT2D eigenvalue weighted by Crippen LogP contribution is 2.29. The van der Waals surface area contributed by atoms with Gasteiger partial charge in [-0.1, -0.05) is 29.8 Å². The number of aryl methyl sites for hydroxylation is 1. The lowest BCUT2D eigenvalue weighted by Gasteiger charge is -2.33. The Bertz CT molecular complexity index is 678. The average Bonchev–Trinajstić information content (AvgIpc) is 2.86. The maximum Gasteiger partial charge on any atom is 0.322 e. The number of urea groups is 1. The molecule has 0 radical (unpaired) electrons. The molecule has 6 heteroatoms. The van der Waals surface area contributed by atoms with Gasteiger partial charge in [-0.05, 0) is 44.6 Å². The Kier molecular flexibility index (Phi) is 4.79.